The Morgan fingerprint density at radius 1 is 1.41 bits per heavy atom. The molecule has 1 amide bonds. The van der Waals surface area contributed by atoms with Gasteiger partial charge in [-0.15, -0.1) is 0 Å². The third kappa shape index (κ3) is 3.87. The maximum Gasteiger partial charge on any atom is 0.236 e. The zero-order valence-electron chi connectivity index (χ0n) is 10.1. The lowest BCUT2D eigenvalue weighted by Gasteiger charge is -2.23. The topological polar surface area (TPSA) is 32.3 Å². The van der Waals surface area contributed by atoms with Gasteiger partial charge in [0.25, 0.3) is 0 Å². The predicted molar refractivity (Wildman–Crippen MR) is 71.5 cm³/mol. The fourth-order valence-electron chi connectivity index (χ4n) is 1.47. The molecule has 0 bridgehead atoms. The van der Waals surface area contributed by atoms with Gasteiger partial charge in [-0.05, 0) is 31.7 Å². The Hall–Kier alpha value is -0.770. The summed E-state index contributed by atoms with van der Waals surface area (Å²) >= 11 is 11.8. The number of nitrogens with one attached hydrogen (secondary N) is 1. The van der Waals surface area contributed by atoms with Crippen molar-refractivity contribution in [2.75, 3.05) is 14.1 Å². The van der Waals surface area contributed by atoms with Crippen LogP contribution in [0.15, 0.2) is 18.2 Å². The van der Waals surface area contributed by atoms with E-state index in [1.165, 1.54) is 0 Å². The van der Waals surface area contributed by atoms with Gasteiger partial charge in [-0.1, -0.05) is 29.3 Å². The third-order valence-corrected chi connectivity index (χ3v) is 3.44. The number of rotatable bonds is 4. The summed E-state index contributed by atoms with van der Waals surface area (Å²) in [6, 6.07) is 5.30. The lowest BCUT2D eigenvalue weighted by molar-refractivity contribution is -0.125. The summed E-state index contributed by atoms with van der Waals surface area (Å²) in [5, 5.41) is 3.70. The van der Waals surface area contributed by atoms with Gasteiger partial charge in [0.05, 0.1) is 16.1 Å². The molecule has 17 heavy (non-hydrogen) atoms. The molecule has 0 aliphatic heterocycles. The van der Waals surface area contributed by atoms with E-state index in [9.17, 15) is 4.79 Å². The van der Waals surface area contributed by atoms with Gasteiger partial charge in [-0.3, -0.25) is 9.69 Å². The highest BCUT2D eigenvalue weighted by Gasteiger charge is 2.16. The minimum atomic E-state index is -0.186. The van der Waals surface area contributed by atoms with Crippen LogP contribution in [-0.2, 0) is 11.3 Å². The van der Waals surface area contributed by atoms with E-state index in [0.717, 1.165) is 5.56 Å². The van der Waals surface area contributed by atoms with Gasteiger partial charge < -0.3 is 5.32 Å². The molecule has 0 fully saturated rings. The number of carbonyl (C=O) groups is 1. The second kappa shape index (κ2) is 6.24. The maximum absolute atomic E-state index is 11.5. The molecule has 0 unspecified atom stereocenters. The lowest BCUT2D eigenvalue weighted by atomic mass is 10.2. The number of nitrogens with zero attached hydrogens (tertiary/aromatic N) is 1. The molecule has 1 aromatic carbocycles. The molecule has 1 rings (SSSR count). The van der Waals surface area contributed by atoms with Crippen LogP contribution in [0.2, 0.25) is 10.0 Å². The van der Waals surface area contributed by atoms with Crippen LogP contribution in [0.5, 0.6) is 0 Å². The van der Waals surface area contributed by atoms with E-state index in [-0.39, 0.29) is 11.9 Å². The van der Waals surface area contributed by atoms with Crippen molar-refractivity contribution in [3.8, 4) is 0 Å². The van der Waals surface area contributed by atoms with Crippen LogP contribution in [0.25, 0.3) is 0 Å². The molecule has 0 aromatic heterocycles. The third-order valence-electron chi connectivity index (χ3n) is 2.70. The van der Waals surface area contributed by atoms with Gasteiger partial charge >= 0.3 is 0 Å². The van der Waals surface area contributed by atoms with Crippen molar-refractivity contribution in [2.24, 2.45) is 0 Å². The summed E-state index contributed by atoms with van der Waals surface area (Å²) < 4.78 is 0. The van der Waals surface area contributed by atoms with Crippen molar-refractivity contribution in [2.45, 2.75) is 19.5 Å². The zero-order chi connectivity index (χ0) is 13.0. The summed E-state index contributed by atoms with van der Waals surface area (Å²) in [7, 11) is 3.52. The molecule has 1 atom stereocenters. The first-order chi connectivity index (χ1) is 7.95. The van der Waals surface area contributed by atoms with Crippen molar-refractivity contribution < 1.29 is 4.79 Å². The summed E-state index contributed by atoms with van der Waals surface area (Å²) in [5.41, 5.74) is 1.03. The molecule has 3 nitrogen and oxygen atoms in total. The molecule has 0 heterocycles. The molecule has 0 spiro atoms. The monoisotopic (exact) mass is 274 g/mol. The quantitative estimate of drug-likeness (QED) is 0.916. The predicted octanol–water partition coefficient (Wildman–Crippen LogP) is 2.56. The van der Waals surface area contributed by atoms with Crippen LogP contribution in [0.4, 0.5) is 0 Å². The van der Waals surface area contributed by atoms with Crippen LogP contribution in [0.1, 0.15) is 12.5 Å². The van der Waals surface area contributed by atoms with Crippen molar-refractivity contribution in [1.29, 1.82) is 0 Å². The van der Waals surface area contributed by atoms with Gasteiger partial charge in [0.1, 0.15) is 0 Å². The van der Waals surface area contributed by atoms with Crippen molar-refractivity contribution in [1.82, 2.24) is 10.2 Å². The Morgan fingerprint density at radius 3 is 2.59 bits per heavy atom. The Morgan fingerprint density at radius 2 is 2.06 bits per heavy atom. The molecule has 5 heteroatoms. The second-order valence-corrected chi connectivity index (χ2v) is 4.77. The molecule has 0 aliphatic rings. The lowest BCUT2D eigenvalue weighted by Crippen LogP contribution is -2.41. The number of likely N-dealkylation sites (N-methyl/N-ethyl adjacent to an activating group) is 2. The molecule has 94 valence electrons. The van der Waals surface area contributed by atoms with E-state index < -0.39 is 0 Å². The van der Waals surface area contributed by atoms with Gasteiger partial charge in [-0.2, -0.15) is 0 Å². The average molecular weight is 275 g/mol. The molecule has 0 saturated heterocycles. The number of carbonyl (C=O) groups excluding carboxylic acids is 1. The largest absolute Gasteiger partial charge is 0.358 e. The summed E-state index contributed by atoms with van der Waals surface area (Å²) in [6.45, 7) is 2.50. The fraction of sp³-hybridized carbons (Fsp3) is 0.417. The summed E-state index contributed by atoms with van der Waals surface area (Å²) in [5.74, 6) is -0.00689. The van der Waals surface area contributed by atoms with Crippen LogP contribution in [0, 0.1) is 0 Å². The van der Waals surface area contributed by atoms with Crippen LogP contribution < -0.4 is 5.32 Å². The Bertz CT molecular complexity index is 409. The highest BCUT2D eigenvalue weighted by Crippen LogP contribution is 2.23. The standard InChI is InChI=1S/C12H16Cl2N2O/c1-8(12(17)15-2)16(3)7-9-4-5-10(13)11(14)6-9/h4-6,8H,7H2,1-3H3,(H,15,17)/t8-/m0/s1. The maximum atomic E-state index is 11.5. The molecule has 1 aromatic rings. The fourth-order valence-corrected chi connectivity index (χ4v) is 1.79. The van der Waals surface area contributed by atoms with E-state index in [2.05, 4.69) is 5.32 Å². The van der Waals surface area contributed by atoms with E-state index >= 15 is 0 Å². The summed E-state index contributed by atoms with van der Waals surface area (Å²) in [4.78, 5) is 13.4. The van der Waals surface area contributed by atoms with Crippen LogP contribution in [-0.4, -0.2) is 30.9 Å². The van der Waals surface area contributed by atoms with Crippen molar-refractivity contribution >= 4 is 29.1 Å². The number of halogens is 2. The summed E-state index contributed by atoms with van der Waals surface area (Å²) in [6.07, 6.45) is 0. The Balaban J connectivity index is 2.70. The normalized spacial score (nSPS) is 12.6. The molecule has 0 aliphatic carbocycles. The van der Waals surface area contributed by atoms with Crippen LogP contribution >= 0.6 is 23.2 Å². The first-order valence-corrected chi connectivity index (χ1v) is 6.07. The van der Waals surface area contributed by atoms with Gasteiger partial charge in [0.2, 0.25) is 5.91 Å². The van der Waals surface area contributed by atoms with Crippen molar-refractivity contribution in [3.63, 3.8) is 0 Å². The molecule has 0 saturated carbocycles. The number of hydrogen-bond donors (Lipinski definition) is 1. The first-order valence-electron chi connectivity index (χ1n) is 5.31. The van der Waals surface area contributed by atoms with E-state index in [1.54, 1.807) is 13.1 Å². The molecule has 0 radical (unpaired) electrons. The average Bonchev–Trinajstić information content (AvgIpc) is 2.31. The minimum absolute atomic E-state index is 0.00689. The number of hydrogen-bond acceptors (Lipinski definition) is 2. The van der Waals surface area contributed by atoms with Crippen molar-refractivity contribution in [3.05, 3.63) is 33.8 Å². The van der Waals surface area contributed by atoms with E-state index in [0.29, 0.717) is 16.6 Å². The highest BCUT2D eigenvalue weighted by atomic mass is 35.5. The SMILES string of the molecule is CNC(=O)[C@H](C)N(C)Cc1ccc(Cl)c(Cl)c1. The highest BCUT2D eigenvalue weighted by molar-refractivity contribution is 6.42. The molecular weight excluding hydrogens is 259 g/mol. The Labute approximate surface area is 112 Å². The molecule has 1 N–H and O–H groups in total. The number of benzene rings is 1. The first kappa shape index (κ1) is 14.3. The molecular formula is C12H16Cl2N2O. The van der Waals surface area contributed by atoms with E-state index in [1.807, 2.05) is 31.0 Å². The minimum Gasteiger partial charge on any atom is -0.358 e. The Kier molecular flexibility index (Phi) is 5.25. The van der Waals surface area contributed by atoms with Gasteiger partial charge in [0, 0.05) is 13.6 Å². The van der Waals surface area contributed by atoms with E-state index in [4.69, 9.17) is 23.2 Å². The smallest absolute Gasteiger partial charge is 0.236 e. The second-order valence-electron chi connectivity index (χ2n) is 3.95. The van der Waals surface area contributed by atoms with Gasteiger partial charge in [0.15, 0.2) is 0 Å². The van der Waals surface area contributed by atoms with Crippen LogP contribution in [0.3, 0.4) is 0 Å². The number of amides is 1. The zero-order valence-corrected chi connectivity index (χ0v) is 11.6. The van der Waals surface area contributed by atoms with Gasteiger partial charge in [-0.25, -0.2) is 0 Å².